The van der Waals surface area contributed by atoms with Crippen molar-refractivity contribution in [2.75, 3.05) is 11.9 Å². The molecule has 144 valence electrons. The van der Waals surface area contributed by atoms with E-state index >= 15 is 0 Å². The predicted octanol–water partition coefficient (Wildman–Crippen LogP) is 3.34. The van der Waals surface area contributed by atoms with Gasteiger partial charge in [0.05, 0.1) is 33.1 Å². The van der Waals surface area contributed by atoms with Crippen molar-refractivity contribution in [1.82, 2.24) is 9.97 Å². The third-order valence-electron chi connectivity index (χ3n) is 3.82. The summed E-state index contributed by atoms with van der Waals surface area (Å²) in [5, 5.41) is 3.50. The van der Waals surface area contributed by atoms with E-state index in [9.17, 15) is 14.4 Å². The molecule has 0 radical (unpaired) electrons. The Morgan fingerprint density at radius 1 is 1.11 bits per heavy atom. The highest BCUT2D eigenvalue weighted by Crippen LogP contribution is 2.29. The highest BCUT2D eigenvalue weighted by molar-refractivity contribution is 6.44. The first kappa shape index (κ1) is 19.9. The molecule has 1 amide bonds. The number of aromatic amines is 1. The summed E-state index contributed by atoms with van der Waals surface area (Å²) in [6.45, 7) is -0.469. The van der Waals surface area contributed by atoms with E-state index in [0.29, 0.717) is 27.4 Å². The number of ether oxygens (including phenoxy) is 1. The second-order valence-electron chi connectivity index (χ2n) is 5.84. The Bertz CT molecular complexity index is 1100. The third kappa shape index (κ3) is 4.88. The van der Waals surface area contributed by atoms with Gasteiger partial charge in [0, 0.05) is 6.42 Å². The largest absolute Gasteiger partial charge is 0.456 e. The summed E-state index contributed by atoms with van der Waals surface area (Å²) in [7, 11) is 0. The van der Waals surface area contributed by atoms with E-state index in [0.717, 1.165) is 0 Å². The van der Waals surface area contributed by atoms with Gasteiger partial charge in [-0.05, 0) is 24.3 Å². The van der Waals surface area contributed by atoms with Gasteiger partial charge in [-0.2, -0.15) is 0 Å². The van der Waals surface area contributed by atoms with Crippen LogP contribution in [0.25, 0.3) is 10.9 Å². The van der Waals surface area contributed by atoms with Crippen LogP contribution < -0.4 is 10.9 Å². The number of carbonyl (C=O) groups excluding carboxylic acids is 2. The van der Waals surface area contributed by atoms with E-state index in [1.165, 1.54) is 0 Å². The van der Waals surface area contributed by atoms with Crippen molar-refractivity contribution in [2.24, 2.45) is 0 Å². The second kappa shape index (κ2) is 8.86. The van der Waals surface area contributed by atoms with Gasteiger partial charge in [-0.3, -0.25) is 14.4 Å². The topological polar surface area (TPSA) is 101 Å². The van der Waals surface area contributed by atoms with Crippen molar-refractivity contribution in [1.29, 1.82) is 0 Å². The zero-order chi connectivity index (χ0) is 20.1. The number of nitrogens with zero attached hydrogens (tertiary/aromatic N) is 1. The molecule has 0 saturated heterocycles. The molecule has 0 aliphatic carbocycles. The fourth-order valence-electron chi connectivity index (χ4n) is 2.48. The van der Waals surface area contributed by atoms with Crippen LogP contribution in [0.1, 0.15) is 12.2 Å². The summed E-state index contributed by atoms with van der Waals surface area (Å²) in [5.41, 5.74) is 0.604. The standard InChI is InChI=1S/C19H15Cl2N3O4/c20-12-5-3-7-14(18(12)21)23-16(25)10-28-17(26)9-8-15-22-13-6-2-1-4-11(13)19(27)24-15/h1-7H,8-10H2,(H,23,25)(H,22,24,27). The number of aromatic nitrogens is 2. The summed E-state index contributed by atoms with van der Waals surface area (Å²) in [4.78, 5) is 42.7. The van der Waals surface area contributed by atoms with Gasteiger partial charge in [0.2, 0.25) is 0 Å². The molecule has 0 saturated carbocycles. The number of esters is 1. The van der Waals surface area contributed by atoms with E-state index in [1.807, 2.05) is 0 Å². The maximum absolute atomic E-state index is 12.0. The van der Waals surface area contributed by atoms with Gasteiger partial charge >= 0.3 is 5.97 Å². The Balaban J connectivity index is 1.51. The number of aryl methyl sites for hydroxylation is 1. The Labute approximate surface area is 169 Å². The van der Waals surface area contributed by atoms with Crippen LogP contribution in [-0.2, 0) is 20.7 Å². The Kier molecular flexibility index (Phi) is 6.28. The van der Waals surface area contributed by atoms with Gasteiger partial charge in [0.25, 0.3) is 11.5 Å². The molecule has 1 aromatic heterocycles. The quantitative estimate of drug-likeness (QED) is 0.596. The maximum atomic E-state index is 12.0. The first-order valence-corrected chi connectivity index (χ1v) is 9.07. The zero-order valence-corrected chi connectivity index (χ0v) is 16.0. The van der Waals surface area contributed by atoms with Crippen molar-refractivity contribution in [3.05, 3.63) is 68.7 Å². The highest BCUT2D eigenvalue weighted by Gasteiger charge is 2.12. The first-order valence-electron chi connectivity index (χ1n) is 8.31. The lowest BCUT2D eigenvalue weighted by Crippen LogP contribution is -2.21. The summed E-state index contributed by atoms with van der Waals surface area (Å²) < 4.78 is 4.94. The Morgan fingerprint density at radius 3 is 2.71 bits per heavy atom. The molecular formula is C19H15Cl2N3O4. The minimum absolute atomic E-state index is 0.0352. The summed E-state index contributed by atoms with van der Waals surface area (Å²) >= 11 is 11.9. The molecule has 1 heterocycles. The maximum Gasteiger partial charge on any atom is 0.306 e. The van der Waals surface area contributed by atoms with Crippen LogP contribution in [0.5, 0.6) is 0 Å². The summed E-state index contributed by atoms with van der Waals surface area (Å²) in [6.07, 6.45) is 0.146. The molecule has 0 unspecified atom stereocenters. The van der Waals surface area contributed by atoms with E-state index in [1.54, 1.807) is 42.5 Å². The van der Waals surface area contributed by atoms with Crippen molar-refractivity contribution < 1.29 is 14.3 Å². The van der Waals surface area contributed by atoms with Crippen molar-refractivity contribution in [3.63, 3.8) is 0 Å². The number of fused-ring (bicyclic) bond motifs is 1. The molecule has 0 aliphatic heterocycles. The minimum Gasteiger partial charge on any atom is -0.456 e. The van der Waals surface area contributed by atoms with Crippen LogP contribution in [0.3, 0.4) is 0 Å². The zero-order valence-electron chi connectivity index (χ0n) is 14.5. The molecule has 0 atom stereocenters. The van der Waals surface area contributed by atoms with Crippen LogP contribution in [0, 0.1) is 0 Å². The van der Waals surface area contributed by atoms with Gasteiger partial charge in [0.1, 0.15) is 5.82 Å². The van der Waals surface area contributed by atoms with Gasteiger partial charge in [-0.1, -0.05) is 41.4 Å². The molecule has 9 heteroatoms. The van der Waals surface area contributed by atoms with E-state index < -0.39 is 18.5 Å². The number of halogens is 2. The second-order valence-corrected chi connectivity index (χ2v) is 6.63. The van der Waals surface area contributed by atoms with Gasteiger partial charge < -0.3 is 15.0 Å². The fraction of sp³-hybridized carbons (Fsp3) is 0.158. The van der Waals surface area contributed by atoms with Crippen molar-refractivity contribution in [2.45, 2.75) is 12.8 Å². The lowest BCUT2D eigenvalue weighted by molar-refractivity contribution is -0.147. The molecule has 0 fully saturated rings. The average Bonchev–Trinajstić information content (AvgIpc) is 2.68. The van der Waals surface area contributed by atoms with Gasteiger partial charge in [-0.25, -0.2) is 4.98 Å². The number of H-pyrrole nitrogens is 1. The molecule has 0 spiro atoms. The number of carbonyl (C=O) groups is 2. The summed E-state index contributed by atoms with van der Waals surface area (Å²) in [5.74, 6) is -0.770. The molecule has 0 bridgehead atoms. The van der Waals surface area contributed by atoms with Crippen LogP contribution in [0.2, 0.25) is 10.0 Å². The molecule has 3 aromatic rings. The smallest absolute Gasteiger partial charge is 0.306 e. The number of anilines is 1. The summed E-state index contributed by atoms with van der Waals surface area (Å²) in [6, 6.07) is 11.7. The Morgan fingerprint density at radius 2 is 1.89 bits per heavy atom. The van der Waals surface area contributed by atoms with E-state index in [2.05, 4.69) is 15.3 Å². The number of amides is 1. The normalized spacial score (nSPS) is 10.6. The van der Waals surface area contributed by atoms with Crippen LogP contribution in [0.15, 0.2) is 47.3 Å². The SMILES string of the molecule is O=C(COC(=O)CCc1nc2ccccc2c(=O)[nH]1)Nc1cccc(Cl)c1Cl. The lowest BCUT2D eigenvalue weighted by Gasteiger charge is -2.09. The van der Waals surface area contributed by atoms with Crippen LogP contribution in [0.4, 0.5) is 5.69 Å². The number of hydrogen-bond acceptors (Lipinski definition) is 5. The molecule has 28 heavy (non-hydrogen) atoms. The van der Waals surface area contributed by atoms with E-state index in [4.69, 9.17) is 27.9 Å². The van der Waals surface area contributed by atoms with Crippen LogP contribution in [-0.4, -0.2) is 28.5 Å². The molecule has 2 aromatic carbocycles. The fourth-order valence-corrected chi connectivity index (χ4v) is 2.83. The number of hydrogen-bond donors (Lipinski definition) is 2. The van der Waals surface area contributed by atoms with Crippen molar-refractivity contribution in [3.8, 4) is 0 Å². The monoisotopic (exact) mass is 419 g/mol. The number of nitrogens with one attached hydrogen (secondary N) is 2. The average molecular weight is 420 g/mol. The Hall–Kier alpha value is -2.90. The predicted molar refractivity (Wildman–Crippen MR) is 107 cm³/mol. The molecule has 3 rings (SSSR count). The van der Waals surface area contributed by atoms with Crippen LogP contribution >= 0.6 is 23.2 Å². The molecule has 7 nitrogen and oxygen atoms in total. The number of benzene rings is 2. The van der Waals surface area contributed by atoms with E-state index in [-0.39, 0.29) is 23.4 Å². The van der Waals surface area contributed by atoms with Crippen molar-refractivity contribution >= 4 is 51.7 Å². The number of rotatable bonds is 6. The third-order valence-corrected chi connectivity index (χ3v) is 4.64. The lowest BCUT2D eigenvalue weighted by atomic mass is 10.2. The number of para-hydroxylation sites is 1. The highest BCUT2D eigenvalue weighted by atomic mass is 35.5. The minimum atomic E-state index is -0.594. The van der Waals surface area contributed by atoms with Gasteiger partial charge in [0.15, 0.2) is 6.61 Å². The first-order chi connectivity index (χ1) is 13.4. The molecule has 0 aliphatic rings. The molecular weight excluding hydrogens is 405 g/mol. The van der Waals surface area contributed by atoms with Gasteiger partial charge in [-0.15, -0.1) is 0 Å². The molecule has 2 N–H and O–H groups in total.